The fourth-order valence-corrected chi connectivity index (χ4v) is 1.23. The number of hydrogen-bond acceptors (Lipinski definition) is 3. The molecule has 5 nitrogen and oxygen atoms in total. The summed E-state index contributed by atoms with van der Waals surface area (Å²) < 4.78 is 0. The van der Waals surface area contributed by atoms with E-state index >= 15 is 0 Å². The Morgan fingerprint density at radius 1 is 1.62 bits per heavy atom. The zero-order chi connectivity index (χ0) is 9.84. The second-order valence-corrected chi connectivity index (χ2v) is 3.27. The Labute approximate surface area is 83.4 Å². The van der Waals surface area contributed by atoms with Gasteiger partial charge in [0.15, 0.2) is 0 Å². The molecular weight excluding hydrogens is 240 g/mol. The predicted molar refractivity (Wildman–Crippen MR) is 48.1 cm³/mol. The highest BCUT2D eigenvalue weighted by Gasteiger charge is 2.27. The van der Waals surface area contributed by atoms with E-state index in [-0.39, 0.29) is 23.6 Å². The summed E-state index contributed by atoms with van der Waals surface area (Å²) in [7, 11) is 0. The van der Waals surface area contributed by atoms with E-state index in [1.807, 2.05) is 0 Å². The Balaban J connectivity index is 2.47. The third kappa shape index (κ3) is 2.80. The first-order valence-electron chi connectivity index (χ1n) is 3.82. The Morgan fingerprint density at radius 3 is 2.85 bits per heavy atom. The van der Waals surface area contributed by atoms with Crippen LogP contribution in [0.1, 0.15) is 12.8 Å². The van der Waals surface area contributed by atoms with E-state index in [9.17, 15) is 14.4 Å². The van der Waals surface area contributed by atoms with Gasteiger partial charge >= 0.3 is 0 Å². The first-order chi connectivity index (χ1) is 6.13. The van der Waals surface area contributed by atoms with Crippen LogP contribution in [-0.2, 0) is 14.4 Å². The molecule has 0 saturated carbocycles. The maximum absolute atomic E-state index is 11.1. The van der Waals surface area contributed by atoms with Crippen molar-refractivity contribution in [2.24, 2.45) is 0 Å². The maximum atomic E-state index is 11.1. The molecule has 6 heteroatoms. The van der Waals surface area contributed by atoms with Gasteiger partial charge in [-0.3, -0.25) is 19.7 Å². The van der Waals surface area contributed by atoms with E-state index in [0.717, 1.165) is 0 Å². The van der Waals surface area contributed by atoms with Crippen LogP contribution < -0.4 is 10.6 Å². The monoisotopic (exact) mass is 248 g/mol. The molecule has 1 aliphatic heterocycles. The van der Waals surface area contributed by atoms with Crippen LogP contribution in [0.3, 0.4) is 0 Å². The quantitative estimate of drug-likeness (QED) is 0.502. The molecule has 1 heterocycles. The summed E-state index contributed by atoms with van der Waals surface area (Å²) in [5.74, 6) is -0.964. The maximum Gasteiger partial charge on any atom is 0.249 e. The number of hydrogen-bond donors (Lipinski definition) is 2. The van der Waals surface area contributed by atoms with Crippen molar-refractivity contribution in [3.05, 3.63) is 0 Å². The van der Waals surface area contributed by atoms with E-state index in [2.05, 4.69) is 26.6 Å². The van der Waals surface area contributed by atoms with E-state index in [0.29, 0.717) is 6.42 Å². The van der Waals surface area contributed by atoms with Crippen molar-refractivity contribution < 1.29 is 14.4 Å². The summed E-state index contributed by atoms with van der Waals surface area (Å²) in [6, 6.07) is -0.567. The van der Waals surface area contributed by atoms with Gasteiger partial charge in [0.05, 0.1) is 5.33 Å². The summed E-state index contributed by atoms with van der Waals surface area (Å²) >= 11 is 2.96. The molecule has 2 N–H and O–H groups in total. The molecule has 1 fully saturated rings. The lowest BCUT2D eigenvalue weighted by atomic mass is 10.1. The van der Waals surface area contributed by atoms with Crippen molar-refractivity contribution in [1.29, 1.82) is 0 Å². The SMILES string of the molecule is O=C1CCC(NC(=O)CBr)C(=O)N1. The fourth-order valence-electron chi connectivity index (χ4n) is 1.06. The molecule has 0 aliphatic carbocycles. The van der Waals surface area contributed by atoms with Gasteiger partial charge in [-0.1, -0.05) is 15.9 Å². The average molecular weight is 249 g/mol. The lowest BCUT2D eigenvalue weighted by molar-refractivity contribution is -0.136. The lowest BCUT2D eigenvalue weighted by Gasteiger charge is -2.21. The standard InChI is InChI=1S/C7H9BrN2O3/c8-3-6(12)9-4-1-2-5(11)10-7(4)13/h4H,1-3H2,(H,9,12)(H,10,11,13). The summed E-state index contributed by atoms with van der Waals surface area (Å²) in [5.41, 5.74) is 0. The van der Waals surface area contributed by atoms with Crippen molar-refractivity contribution in [3.8, 4) is 0 Å². The summed E-state index contributed by atoms with van der Waals surface area (Å²) in [5, 5.41) is 4.80. The smallest absolute Gasteiger partial charge is 0.249 e. The summed E-state index contributed by atoms with van der Waals surface area (Å²) in [6.07, 6.45) is 0.655. The molecule has 1 aliphatic rings. The van der Waals surface area contributed by atoms with Crippen molar-refractivity contribution in [2.45, 2.75) is 18.9 Å². The van der Waals surface area contributed by atoms with Gasteiger partial charge in [0.1, 0.15) is 6.04 Å². The Hall–Kier alpha value is -0.910. The van der Waals surface area contributed by atoms with E-state index < -0.39 is 11.9 Å². The molecule has 0 aromatic carbocycles. The third-order valence-corrected chi connectivity index (χ3v) is 2.21. The average Bonchev–Trinajstić information content (AvgIpc) is 2.09. The van der Waals surface area contributed by atoms with Gasteiger partial charge < -0.3 is 5.32 Å². The van der Waals surface area contributed by atoms with Gasteiger partial charge in [-0.05, 0) is 6.42 Å². The van der Waals surface area contributed by atoms with Crippen LogP contribution in [0, 0.1) is 0 Å². The van der Waals surface area contributed by atoms with Gasteiger partial charge in [0.2, 0.25) is 17.7 Å². The first-order valence-corrected chi connectivity index (χ1v) is 4.94. The first kappa shape index (κ1) is 10.2. The van der Waals surface area contributed by atoms with Gasteiger partial charge in [-0.2, -0.15) is 0 Å². The zero-order valence-electron chi connectivity index (χ0n) is 6.80. The van der Waals surface area contributed by atoms with Crippen LogP contribution in [0.5, 0.6) is 0 Å². The minimum atomic E-state index is -0.567. The fraction of sp³-hybridized carbons (Fsp3) is 0.571. The van der Waals surface area contributed by atoms with Crippen molar-refractivity contribution in [1.82, 2.24) is 10.6 Å². The Bertz CT molecular complexity index is 254. The van der Waals surface area contributed by atoms with Crippen LogP contribution in [-0.4, -0.2) is 29.1 Å². The van der Waals surface area contributed by atoms with E-state index in [1.165, 1.54) is 0 Å². The predicted octanol–water partition coefficient (Wildman–Crippen LogP) is -0.697. The van der Waals surface area contributed by atoms with Crippen LogP contribution in [0.2, 0.25) is 0 Å². The van der Waals surface area contributed by atoms with E-state index in [1.54, 1.807) is 0 Å². The van der Waals surface area contributed by atoms with Gasteiger partial charge in [-0.25, -0.2) is 0 Å². The molecule has 0 spiro atoms. The number of halogens is 1. The number of carbonyl (C=O) groups is 3. The van der Waals surface area contributed by atoms with Gasteiger partial charge in [0, 0.05) is 6.42 Å². The molecule has 0 radical (unpaired) electrons. The highest BCUT2D eigenvalue weighted by atomic mass is 79.9. The minimum absolute atomic E-state index is 0.157. The molecule has 13 heavy (non-hydrogen) atoms. The lowest BCUT2D eigenvalue weighted by Crippen LogP contribution is -2.52. The van der Waals surface area contributed by atoms with Crippen LogP contribution >= 0.6 is 15.9 Å². The second-order valence-electron chi connectivity index (χ2n) is 2.70. The molecule has 1 atom stereocenters. The molecule has 0 aromatic heterocycles. The molecule has 1 rings (SSSR count). The third-order valence-electron chi connectivity index (χ3n) is 1.70. The van der Waals surface area contributed by atoms with Crippen LogP contribution in [0.15, 0.2) is 0 Å². The van der Waals surface area contributed by atoms with Gasteiger partial charge in [0.25, 0.3) is 0 Å². The molecule has 1 saturated heterocycles. The molecule has 72 valence electrons. The molecule has 1 unspecified atom stereocenters. The Kier molecular flexibility index (Phi) is 3.41. The van der Waals surface area contributed by atoms with Crippen LogP contribution in [0.4, 0.5) is 0 Å². The molecular formula is C7H9BrN2O3. The summed E-state index contributed by atoms with van der Waals surface area (Å²) in [4.78, 5) is 32.7. The number of amides is 3. The number of alkyl halides is 1. The summed E-state index contributed by atoms with van der Waals surface area (Å²) in [6.45, 7) is 0. The highest BCUT2D eigenvalue weighted by Crippen LogP contribution is 2.03. The van der Waals surface area contributed by atoms with Gasteiger partial charge in [-0.15, -0.1) is 0 Å². The number of imide groups is 1. The Morgan fingerprint density at radius 2 is 2.31 bits per heavy atom. The second kappa shape index (κ2) is 4.36. The normalized spacial score (nSPS) is 22.4. The van der Waals surface area contributed by atoms with Crippen molar-refractivity contribution in [2.75, 3.05) is 5.33 Å². The highest BCUT2D eigenvalue weighted by molar-refractivity contribution is 9.09. The number of nitrogens with one attached hydrogen (secondary N) is 2. The number of rotatable bonds is 2. The van der Waals surface area contributed by atoms with E-state index in [4.69, 9.17) is 0 Å². The topological polar surface area (TPSA) is 75.3 Å². The largest absolute Gasteiger partial charge is 0.344 e. The zero-order valence-corrected chi connectivity index (χ0v) is 8.39. The van der Waals surface area contributed by atoms with Crippen LogP contribution in [0.25, 0.3) is 0 Å². The number of carbonyl (C=O) groups excluding carboxylic acids is 3. The minimum Gasteiger partial charge on any atom is -0.344 e. The number of piperidine rings is 1. The molecule has 0 aromatic rings. The van der Waals surface area contributed by atoms with Crippen molar-refractivity contribution in [3.63, 3.8) is 0 Å². The van der Waals surface area contributed by atoms with Crippen molar-refractivity contribution >= 4 is 33.7 Å². The molecule has 0 bridgehead atoms. The molecule has 3 amide bonds.